The van der Waals surface area contributed by atoms with E-state index in [0.29, 0.717) is 5.69 Å². The van der Waals surface area contributed by atoms with Crippen molar-refractivity contribution in [2.75, 3.05) is 0 Å². The van der Waals surface area contributed by atoms with Crippen LogP contribution in [0.4, 0.5) is 5.69 Å². The summed E-state index contributed by atoms with van der Waals surface area (Å²) in [5.74, 6) is 0. The van der Waals surface area contributed by atoms with Crippen LogP contribution in [0, 0.1) is 0 Å². The number of nitrogens with zero attached hydrogens (tertiary/aromatic N) is 3. The first kappa shape index (κ1) is 15.0. The van der Waals surface area contributed by atoms with E-state index in [0.717, 1.165) is 5.56 Å². The topological polar surface area (TPSA) is 48.8 Å². The second kappa shape index (κ2) is 6.52. The van der Waals surface area contributed by atoms with E-state index in [4.69, 9.17) is 5.53 Å². The van der Waals surface area contributed by atoms with E-state index in [2.05, 4.69) is 76.8 Å². The molecular formula is C22H15N3. The zero-order valence-corrected chi connectivity index (χ0v) is 13.5. The molecule has 1 aliphatic carbocycles. The fourth-order valence-electron chi connectivity index (χ4n) is 3.19. The normalized spacial score (nSPS) is 11.8. The molecule has 0 unspecified atom stereocenters. The van der Waals surface area contributed by atoms with Crippen molar-refractivity contribution in [1.29, 1.82) is 0 Å². The van der Waals surface area contributed by atoms with Crippen LogP contribution >= 0.6 is 0 Å². The molecule has 118 valence electrons. The molecular weight excluding hydrogens is 306 g/mol. The highest BCUT2D eigenvalue weighted by atomic mass is 15.1. The highest BCUT2D eigenvalue weighted by Crippen LogP contribution is 2.43. The Kier molecular flexibility index (Phi) is 3.91. The number of rotatable bonds is 3. The maximum atomic E-state index is 8.45. The Labute approximate surface area is 146 Å². The van der Waals surface area contributed by atoms with E-state index in [9.17, 15) is 0 Å². The zero-order chi connectivity index (χ0) is 17.1. The summed E-state index contributed by atoms with van der Waals surface area (Å²) < 4.78 is 0. The van der Waals surface area contributed by atoms with Crippen LogP contribution in [0.3, 0.4) is 0 Å². The largest absolute Gasteiger partial charge is 0.0616 e. The fraction of sp³-hybridized carbons (Fsp3) is 0. The molecule has 0 N–H and O–H groups in total. The van der Waals surface area contributed by atoms with E-state index in [-0.39, 0.29) is 0 Å². The van der Waals surface area contributed by atoms with Crippen molar-refractivity contribution in [3.63, 3.8) is 0 Å². The van der Waals surface area contributed by atoms with E-state index < -0.39 is 0 Å². The SMILES string of the molecule is [N-]=[N+]=Nc1ccc(/C=C/C=C2c3ccccc3-c3ccccc32)cc1. The summed E-state index contributed by atoms with van der Waals surface area (Å²) in [5.41, 5.74) is 16.5. The van der Waals surface area contributed by atoms with E-state index in [1.165, 1.54) is 27.8 Å². The number of benzene rings is 3. The lowest BCUT2D eigenvalue weighted by Crippen LogP contribution is -1.79. The van der Waals surface area contributed by atoms with Crippen molar-refractivity contribution in [2.45, 2.75) is 0 Å². The molecule has 1 aliphatic rings. The summed E-state index contributed by atoms with van der Waals surface area (Å²) >= 11 is 0. The van der Waals surface area contributed by atoms with Gasteiger partial charge in [0, 0.05) is 10.6 Å². The van der Waals surface area contributed by atoms with Crippen LogP contribution < -0.4 is 0 Å². The molecule has 0 radical (unpaired) electrons. The van der Waals surface area contributed by atoms with Gasteiger partial charge < -0.3 is 0 Å². The Morgan fingerprint density at radius 3 is 1.84 bits per heavy atom. The Bertz CT molecular complexity index is 989. The van der Waals surface area contributed by atoms with Gasteiger partial charge in [0.15, 0.2) is 0 Å². The third kappa shape index (κ3) is 2.85. The number of hydrogen-bond donors (Lipinski definition) is 0. The number of azide groups is 1. The van der Waals surface area contributed by atoms with Crippen LogP contribution in [0.25, 0.3) is 33.2 Å². The average molecular weight is 321 g/mol. The molecule has 3 nitrogen and oxygen atoms in total. The molecule has 3 aromatic carbocycles. The molecule has 25 heavy (non-hydrogen) atoms. The highest BCUT2D eigenvalue weighted by molar-refractivity contribution is 6.01. The first-order valence-electron chi connectivity index (χ1n) is 8.09. The molecule has 4 rings (SSSR count). The summed E-state index contributed by atoms with van der Waals surface area (Å²) in [4.78, 5) is 2.79. The van der Waals surface area contributed by atoms with Crippen LogP contribution in [0.2, 0.25) is 0 Å². The van der Waals surface area contributed by atoms with E-state index in [1.807, 2.05) is 24.3 Å². The van der Waals surface area contributed by atoms with Crippen LogP contribution in [-0.2, 0) is 0 Å². The predicted octanol–water partition coefficient (Wildman–Crippen LogP) is 6.75. The maximum Gasteiger partial charge on any atom is 0.0375 e. The van der Waals surface area contributed by atoms with Crippen molar-refractivity contribution in [3.05, 3.63) is 112 Å². The molecule has 0 bridgehead atoms. The Morgan fingerprint density at radius 2 is 1.28 bits per heavy atom. The lowest BCUT2D eigenvalue weighted by Gasteiger charge is -2.00. The quantitative estimate of drug-likeness (QED) is 0.227. The van der Waals surface area contributed by atoms with Crippen molar-refractivity contribution in [1.82, 2.24) is 0 Å². The first-order chi connectivity index (χ1) is 12.4. The summed E-state index contributed by atoms with van der Waals surface area (Å²) in [7, 11) is 0. The number of hydrogen-bond acceptors (Lipinski definition) is 1. The minimum atomic E-state index is 0.622. The van der Waals surface area contributed by atoms with Crippen LogP contribution in [0.5, 0.6) is 0 Å². The molecule has 0 atom stereocenters. The Balaban J connectivity index is 1.68. The van der Waals surface area contributed by atoms with Gasteiger partial charge in [-0.15, -0.1) is 0 Å². The van der Waals surface area contributed by atoms with Gasteiger partial charge in [-0.1, -0.05) is 96.1 Å². The second-order valence-corrected chi connectivity index (χ2v) is 5.81. The molecule has 0 heterocycles. The molecule has 0 aromatic heterocycles. The van der Waals surface area contributed by atoms with Gasteiger partial charge in [-0.25, -0.2) is 0 Å². The van der Waals surface area contributed by atoms with Crippen molar-refractivity contribution in [2.24, 2.45) is 5.11 Å². The van der Waals surface area contributed by atoms with Crippen molar-refractivity contribution < 1.29 is 0 Å². The van der Waals surface area contributed by atoms with Gasteiger partial charge in [-0.05, 0) is 38.9 Å². The molecule has 0 amide bonds. The lowest BCUT2D eigenvalue weighted by atomic mass is 10.0. The molecule has 0 saturated heterocycles. The lowest BCUT2D eigenvalue weighted by molar-refractivity contribution is 1.47. The second-order valence-electron chi connectivity index (χ2n) is 5.81. The third-order valence-corrected chi connectivity index (χ3v) is 4.33. The monoisotopic (exact) mass is 321 g/mol. The van der Waals surface area contributed by atoms with Gasteiger partial charge in [0.25, 0.3) is 0 Å². The molecule has 3 heteroatoms. The number of fused-ring (bicyclic) bond motifs is 3. The van der Waals surface area contributed by atoms with Gasteiger partial charge in [0.1, 0.15) is 0 Å². The third-order valence-electron chi connectivity index (χ3n) is 4.33. The molecule has 0 aliphatic heterocycles. The van der Waals surface area contributed by atoms with Crippen molar-refractivity contribution in [3.8, 4) is 11.1 Å². The summed E-state index contributed by atoms with van der Waals surface area (Å²) in [5, 5.41) is 3.59. The van der Waals surface area contributed by atoms with Gasteiger partial charge in [-0.3, -0.25) is 0 Å². The van der Waals surface area contributed by atoms with Gasteiger partial charge in [-0.2, -0.15) is 0 Å². The van der Waals surface area contributed by atoms with Crippen LogP contribution in [0.15, 0.2) is 90.1 Å². The average Bonchev–Trinajstić information content (AvgIpc) is 2.98. The summed E-state index contributed by atoms with van der Waals surface area (Å²) in [6.07, 6.45) is 6.28. The minimum Gasteiger partial charge on any atom is -0.0616 e. The molecule has 0 saturated carbocycles. The first-order valence-corrected chi connectivity index (χ1v) is 8.09. The Hall–Kier alpha value is -3.55. The molecule has 0 fully saturated rings. The number of allylic oxidation sites excluding steroid dienone is 2. The summed E-state index contributed by atoms with van der Waals surface area (Å²) in [6.45, 7) is 0. The smallest absolute Gasteiger partial charge is 0.0375 e. The van der Waals surface area contributed by atoms with Gasteiger partial charge in [0.05, 0.1) is 0 Å². The molecule has 3 aromatic rings. The zero-order valence-electron chi connectivity index (χ0n) is 13.5. The summed E-state index contributed by atoms with van der Waals surface area (Å²) in [6, 6.07) is 24.5. The van der Waals surface area contributed by atoms with Crippen LogP contribution in [0.1, 0.15) is 16.7 Å². The standard InChI is InChI=1S/C22H15N3/c23-25-24-17-14-12-16(13-15-17)6-5-11-22-20-9-3-1-7-18(20)19-8-2-4-10-21(19)22/h1-15H/b6-5+. The van der Waals surface area contributed by atoms with Gasteiger partial charge in [0.2, 0.25) is 0 Å². The highest BCUT2D eigenvalue weighted by Gasteiger charge is 2.21. The fourth-order valence-corrected chi connectivity index (χ4v) is 3.19. The van der Waals surface area contributed by atoms with E-state index in [1.54, 1.807) is 0 Å². The van der Waals surface area contributed by atoms with Crippen molar-refractivity contribution >= 4 is 17.3 Å². The predicted molar refractivity (Wildman–Crippen MR) is 103 cm³/mol. The molecule has 0 spiro atoms. The Morgan fingerprint density at radius 1 is 0.720 bits per heavy atom. The van der Waals surface area contributed by atoms with Crippen LogP contribution in [-0.4, -0.2) is 0 Å². The van der Waals surface area contributed by atoms with Gasteiger partial charge >= 0.3 is 0 Å². The minimum absolute atomic E-state index is 0.622. The van der Waals surface area contributed by atoms with E-state index >= 15 is 0 Å². The maximum absolute atomic E-state index is 8.45.